The van der Waals surface area contributed by atoms with Gasteiger partial charge < -0.3 is 29.1 Å². The lowest BCUT2D eigenvalue weighted by molar-refractivity contribution is -0.142. The Bertz CT molecular complexity index is 1990. The summed E-state index contributed by atoms with van der Waals surface area (Å²) in [7, 11) is 1.90. The number of aromatic nitrogens is 5. The molecular formula is C35H35N7O3. The van der Waals surface area contributed by atoms with E-state index in [0.717, 1.165) is 96.5 Å². The molecule has 2 aromatic carbocycles. The molecule has 5 aromatic rings. The maximum Gasteiger partial charge on any atom is 0.271 e. The minimum absolute atomic E-state index is 0.0334. The number of nitrogens with zero attached hydrogens (tertiary/aromatic N) is 5. The van der Waals surface area contributed by atoms with Crippen molar-refractivity contribution in [2.45, 2.75) is 56.7 Å². The highest BCUT2D eigenvalue weighted by Crippen LogP contribution is 2.34. The molecule has 2 amide bonds. The van der Waals surface area contributed by atoms with Crippen molar-refractivity contribution in [3.8, 4) is 11.8 Å². The molecule has 0 spiro atoms. The first-order chi connectivity index (χ1) is 22.0. The molecule has 10 heteroatoms. The highest BCUT2D eigenvalue weighted by Gasteiger charge is 2.37. The Kier molecular flexibility index (Phi) is 6.91. The molecule has 3 aromatic heterocycles. The van der Waals surface area contributed by atoms with Crippen LogP contribution < -0.4 is 0 Å². The van der Waals surface area contributed by atoms with E-state index in [-0.39, 0.29) is 30.0 Å². The van der Waals surface area contributed by atoms with Gasteiger partial charge >= 0.3 is 0 Å². The average molecular weight is 602 g/mol. The van der Waals surface area contributed by atoms with Gasteiger partial charge in [-0.1, -0.05) is 11.8 Å². The van der Waals surface area contributed by atoms with Gasteiger partial charge in [-0.15, -0.1) is 0 Å². The van der Waals surface area contributed by atoms with Crippen LogP contribution in [0.5, 0.6) is 0 Å². The van der Waals surface area contributed by atoms with Crippen molar-refractivity contribution < 1.29 is 14.3 Å². The summed E-state index contributed by atoms with van der Waals surface area (Å²) in [5, 5.41) is 0. The van der Waals surface area contributed by atoms with Gasteiger partial charge in [0.2, 0.25) is 0 Å². The number of hydrogen-bond donors (Lipinski definition) is 2. The minimum Gasteiger partial charge on any atom is -0.368 e. The number of carbonyl (C=O) groups is 2. The number of benzene rings is 2. The molecule has 3 fully saturated rings. The number of H-pyrrole nitrogens is 2. The zero-order valence-electron chi connectivity index (χ0n) is 25.3. The van der Waals surface area contributed by atoms with Crippen molar-refractivity contribution in [3.63, 3.8) is 0 Å². The lowest BCUT2D eigenvalue weighted by Crippen LogP contribution is -2.38. The zero-order chi connectivity index (χ0) is 30.5. The Hall–Kier alpha value is -4.88. The average Bonchev–Trinajstić information content (AvgIpc) is 3.89. The third-order valence-electron chi connectivity index (χ3n) is 9.40. The number of aryl methyl sites for hydroxylation is 1. The van der Waals surface area contributed by atoms with Crippen molar-refractivity contribution in [1.29, 1.82) is 0 Å². The molecule has 3 aliphatic rings. The number of ether oxygens (including phenoxy) is 1. The Morgan fingerprint density at radius 1 is 0.822 bits per heavy atom. The fraction of sp³-hybridized carbons (Fsp3) is 0.371. The van der Waals surface area contributed by atoms with E-state index in [1.54, 1.807) is 0 Å². The van der Waals surface area contributed by atoms with Gasteiger partial charge in [0.25, 0.3) is 11.8 Å². The van der Waals surface area contributed by atoms with E-state index in [4.69, 9.17) is 14.7 Å². The molecule has 0 radical (unpaired) electrons. The van der Waals surface area contributed by atoms with Crippen molar-refractivity contribution >= 4 is 33.9 Å². The summed E-state index contributed by atoms with van der Waals surface area (Å²) >= 11 is 0. The van der Waals surface area contributed by atoms with Gasteiger partial charge in [0.1, 0.15) is 23.4 Å². The Labute approximate surface area is 260 Å². The van der Waals surface area contributed by atoms with Gasteiger partial charge in [-0.2, -0.15) is 0 Å². The number of amides is 2. The van der Waals surface area contributed by atoms with Gasteiger partial charge in [-0.25, -0.2) is 9.97 Å². The number of fused-ring (bicyclic) bond motifs is 2. The van der Waals surface area contributed by atoms with Crippen molar-refractivity contribution in [1.82, 2.24) is 34.3 Å². The van der Waals surface area contributed by atoms with Crippen LogP contribution in [0.4, 0.5) is 0 Å². The first-order valence-electron chi connectivity index (χ1n) is 15.9. The van der Waals surface area contributed by atoms with Crippen LogP contribution in [0.15, 0.2) is 54.7 Å². The lowest BCUT2D eigenvalue weighted by atomic mass is 10.1. The van der Waals surface area contributed by atoms with Crippen LogP contribution in [0.2, 0.25) is 0 Å². The van der Waals surface area contributed by atoms with E-state index in [9.17, 15) is 9.59 Å². The molecule has 3 aliphatic heterocycles. The van der Waals surface area contributed by atoms with Gasteiger partial charge in [-0.05, 0) is 87.1 Å². The fourth-order valence-electron chi connectivity index (χ4n) is 7.07. The maximum atomic E-state index is 13.3. The van der Waals surface area contributed by atoms with E-state index < -0.39 is 0 Å². The molecule has 10 nitrogen and oxygen atoms in total. The van der Waals surface area contributed by atoms with Crippen molar-refractivity contribution in [3.05, 3.63) is 83.2 Å². The summed E-state index contributed by atoms with van der Waals surface area (Å²) in [6, 6.07) is 15.6. The van der Waals surface area contributed by atoms with Crippen LogP contribution in [-0.4, -0.2) is 71.9 Å². The predicted octanol–water partition coefficient (Wildman–Crippen LogP) is 5.00. The monoisotopic (exact) mass is 601 g/mol. The van der Waals surface area contributed by atoms with E-state index >= 15 is 0 Å². The molecule has 1 unspecified atom stereocenters. The van der Waals surface area contributed by atoms with E-state index in [1.807, 2.05) is 76.1 Å². The number of imidazole rings is 2. The minimum atomic E-state index is -0.314. The summed E-state index contributed by atoms with van der Waals surface area (Å²) in [5.41, 5.74) is 5.98. The van der Waals surface area contributed by atoms with Gasteiger partial charge in [0, 0.05) is 44.1 Å². The molecule has 3 saturated heterocycles. The number of likely N-dealkylation sites (tertiary alicyclic amines) is 2. The Morgan fingerprint density at radius 2 is 1.44 bits per heavy atom. The standard InChI is InChI=1S/C35H35N7O3/c1-40-16-2-8-30(40)34(43)41-17-3-6-28(41)32-36-24-14-12-22(20-26(24)38-32)10-11-23-13-15-25-27(21-23)39-33(37-25)29-7-4-18-42(29)35(44)31-9-5-19-45-31/h2,8,12-16,20-21,28-29,31H,3-7,9,17-19H2,1H3,(H,36,38)(H,37,39)/t28-,29?,31-/m0/s1. The SMILES string of the molecule is Cn1cccc1C(=O)N1CCC[C@H]1c1nc2ccc(C#Cc3ccc4nc(C5CCCN5C(=O)[C@@H]5CCCO5)[nH]c4c3)cc2[nH]1. The normalized spacial score (nSPS) is 21.6. The molecule has 0 saturated carbocycles. The first-order valence-corrected chi connectivity index (χ1v) is 15.9. The van der Waals surface area contributed by atoms with Crippen LogP contribution in [0.25, 0.3) is 22.1 Å². The van der Waals surface area contributed by atoms with Crippen LogP contribution >= 0.6 is 0 Å². The molecular weight excluding hydrogens is 566 g/mol. The van der Waals surface area contributed by atoms with Gasteiger partial charge in [-0.3, -0.25) is 9.59 Å². The molecule has 0 bridgehead atoms. The summed E-state index contributed by atoms with van der Waals surface area (Å²) in [6.07, 6.45) is 7.00. The molecule has 6 heterocycles. The maximum absolute atomic E-state index is 13.3. The number of carbonyl (C=O) groups excluding carboxylic acids is 2. The summed E-state index contributed by atoms with van der Waals surface area (Å²) in [5.74, 6) is 8.35. The molecule has 2 N–H and O–H groups in total. The van der Waals surface area contributed by atoms with Crippen LogP contribution in [0.1, 0.15) is 83.9 Å². The molecule has 45 heavy (non-hydrogen) atoms. The van der Waals surface area contributed by atoms with Crippen LogP contribution in [0, 0.1) is 11.8 Å². The fourth-order valence-corrected chi connectivity index (χ4v) is 7.07. The second kappa shape index (κ2) is 11.2. The first kappa shape index (κ1) is 27.7. The molecule has 0 aliphatic carbocycles. The number of hydrogen-bond acceptors (Lipinski definition) is 5. The molecule has 228 valence electrons. The third kappa shape index (κ3) is 5.07. The zero-order valence-corrected chi connectivity index (χ0v) is 25.3. The van der Waals surface area contributed by atoms with Gasteiger partial charge in [0.15, 0.2) is 0 Å². The predicted molar refractivity (Wildman–Crippen MR) is 169 cm³/mol. The van der Waals surface area contributed by atoms with Crippen molar-refractivity contribution in [2.75, 3.05) is 19.7 Å². The summed E-state index contributed by atoms with van der Waals surface area (Å²) in [4.78, 5) is 46.9. The second-order valence-electron chi connectivity index (χ2n) is 12.3. The van der Waals surface area contributed by atoms with E-state index in [2.05, 4.69) is 21.8 Å². The lowest BCUT2D eigenvalue weighted by Gasteiger charge is -2.25. The van der Waals surface area contributed by atoms with Gasteiger partial charge in [0.05, 0.1) is 34.2 Å². The quantitative estimate of drug-likeness (QED) is 0.282. The molecule has 8 rings (SSSR count). The highest BCUT2D eigenvalue weighted by molar-refractivity contribution is 5.93. The smallest absolute Gasteiger partial charge is 0.271 e. The Morgan fingerprint density at radius 3 is 2.02 bits per heavy atom. The van der Waals surface area contributed by atoms with E-state index in [1.165, 1.54) is 0 Å². The number of aromatic amines is 2. The largest absolute Gasteiger partial charge is 0.368 e. The Balaban J connectivity index is 1.00. The van der Waals surface area contributed by atoms with Crippen molar-refractivity contribution in [2.24, 2.45) is 7.05 Å². The summed E-state index contributed by atoms with van der Waals surface area (Å²) in [6.45, 7) is 2.12. The summed E-state index contributed by atoms with van der Waals surface area (Å²) < 4.78 is 7.53. The highest BCUT2D eigenvalue weighted by atomic mass is 16.5. The third-order valence-corrected chi connectivity index (χ3v) is 9.40. The van der Waals surface area contributed by atoms with Crippen LogP contribution in [0.3, 0.4) is 0 Å². The number of nitrogens with one attached hydrogen (secondary N) is 2. The molecule has 3 atom stereocenters. The second-order valence-corrected chi connectivity index (χ2v) is 12.3. The van der Waals surface area contributed by atoms with E-state index in [0.29, 0.717) is 12.3 Å². The number of rotatable bonds is 4. The van der Waals surface area contributed by atoms with Crippen LogP contribution in [-0.2, 0) is 16.6 Å². The topological polar surface area (TPSA) is 112 Å².